The minimum Gasteiger partial charge on any atom is -0.350 e. The van der Waals surface area contributed by atoms with Crippen molar-refractivity contribution in [2.75, 3.05) is 0 Å². The molecule has 5 heteroatoms. The number of carbonyl (C=O) groups is 1. The molecule has 0 saturated carbocycles. The van der Waals surface area contributed by atoms with Gasteiger partial charge in [-0.05, 0) is 19.8 Å². The van der Waals surface area contributed by atoms with E-state index in [-0.39, 0.29) is 17.9 Å². The van der Waals surface area contributed by atoms with Crippen molar-refractivity contribution in [3.05, 3.63) is 16.6 Å². The van der Waals surface area contributed by atoms with E-state index in [0.29, 0.717) is 6.54 Å². The summed E-state index contributed by atoms with van der Waals surface area (Å²) in [5.74, 6) is 0.148. The molecule has 1 heterocycles. The van der Waals surface area contributed by atoms with E-state index >= 15 is 0 Å². The maximum Gasteiger partial charge on any atom is 0.223 e. The highest BCUT2D eigenvalue weighted by Gasteiger charge is 2.12. The lowest BCUT2D eigenvalue weighted by Crippen LogP contribution is -2.29. The Labute approximate surface area is 107 Å². The second-order valence-electron chi connectivity index (χ2n) is 4.51. The van der Waals surface area contributed by atoms with Crippen molar-refractivity contribution in [3.63, 3.8) is 0 Å². The molecule has 2 unspecified atom stereocenters. The first kappa shape index (κ1) is 14.1. The predicted molar refractivity (Wildman–Crippen MR) is 70.6 cm³/mol. The molecule has 0 aromatic carbocycles. The number of nitrogens with one attached hydrogen (secondary N) is 1. The summed E-state index contributed by atoms with van der Waals surface area (Å²) in [6.45, 7) is 4.48. The monoisotopic (exact) mass is 255 g/mol. The van der Waals surface area contributed by atoms with Gasteiger partial charge in [0.25, 0.3) is 0 Å². The molecular weight excluding hydrogens is 234 g/mol. The van der Waals surface area contributed by atoms with Crippen LogP contribution in [-0.4, -0.2) is 16.9 Å². The Kier molecular flexibility index (Phi) is 6.15. The third-order valence-corrected chi connectivity index (χ3v) is 3.31. The number of aromatic nitrogens is 1. The highest BCUT2D eigenvalue weighted by atomic mass is 32.1. The average molecular weight is 255 g/mol. The number of amides is 1. The van der Waals surface area contributed by atoms with Crippen molar-refractivity contribution < 1.29 is 4.79 Å². The Morgan fingerprint density at radius 1 is 1.53 bits per heavy atom. The second-order valence-corrected chi connectivity index (χ2v) is 5.23. The molecule has 96 valence electrons. The zero-order valence-corrected chi connectivity index (χ0v) is 11.3. The summed E-state index contributed by atoms with van der Waals surface area (Å²) >= 11 is 1.54. The van der Waals surface area contributed by atoms with E-state index in [2.05, 4.69) is 10.3 Å². The van der Waals surface area contributed by atoms with Crippen molar-refractivity contribution in [3.8, 4) is 0 Å². The van der Waals surface area contributed by atoms with Gasteiger partial charge in [0.15, 0.2) is 0 Å². The number of hydrogen-bond acceptors (Lipinski definition) is 4. The molecule has 0 bridgehead atoms. The van der Waals surface area contributed by atoms with Gasteiger partial charge in [0, 0.05) is 17.3 Å². The van der Waals surface area contributed by atoms with Gasteiger partial charge in [-0.1, -0.05) is 13.3 Å². The molecule has 1 aromatic heterocycles. The minimum absolute atomic E-state index is 0.0485. The van der Waals surface area contributed by atoms with Crippen LogP contribution in [0, 0.1) is 5.92 Å². The van der Waals surface area contributed by atoms with E-state index in [1.165, 1.54) is 0 Å². The molecule has 0 aliphatic rings. The van der Waals surface area contributed by atoms with Crippen molar-refractivity contribution in [1.29, 1.82) is 0 Å². The van der Waals surface area contributed by atoms with Gasteiger partial charge in [-0.25, -0.2) is 4.98 Å². The topological polar surface area (TPSA) is 68.0 Å². The lowest BCUT2D eigenvalue weighted by molar-refractivity contribution is -0.124. The van der Waals surface area contributed by atoms with Crippen LogP contribution in [0.3, 0.4) is 0 Å². The molecule has 1 rings (SSSR count). The first-order chi connectivity index (χ1) is 8.09. The number of rotatable bonds is 7. The number of thiazole rings is 1. The van der Waals surface area contributed by atoms with Gasteiger partial charge in [0.2, 0.25) is 5.91 Å². The third-order valence-electron chi connectivity index (χ3n) is 2.67. The molecule has 0 saturated heterocycles. The summed E-state index contributed by atoms with van der Waals surface area (Å²) in [7, 11) is 0. The van der Waals surface area contributed by atoms with Crippen LogP contribution in [-0.2, 0) is 11.3 Å². The van der Waals surface area contributed by atoms with Crippen LogP contribution in [0.15, 0.2) is 10.9 Å². The fourth-order valence-corrected chi connectivity index (χ4v) is 2.11. The van der Waals surface area contributed by atoms with Crippen molar-refractivity contribution >= 4 is 17.2 Å². The van der Waals surface area contributed by atoms with Crippen LogP contribution >= 0.6 is 11.3 Å². The van der Waals surface area contributed by atoms with Gasteiger partial charge in [-0.2, -0.15) is 0 Å². The Morgan fingerprint density at radius 3 is 2.88 bits per heavy atom. The largest absolute Gasteiger partial charge is 0.350 e. The summed E-state index contributed by atoms with van der Waals surface area (Å²) in [5, 5.41) is 4.84. The molecule has 3 N–H and O–H groups in total. The first-order valence-electron chi connectivity index (χ1n) is 6.00. The molecule has 17 heavy (non-hydrogen) atoms. The van der Waals surface area contributed by atoms with E-state index in [1.54, 1.807) is 16.8 Å². The molecule has 0 radical (unpaired) electrons. The van der Waals surface area contributed by atoms with Crippen molar-refractivity contribution in [1.82, 2.24) is 10.3 Å². The number of carbonyl (C=O) groups excluding carboxylic acids is 1. The van der Waals surface area contributed by atoms with Gasteiger partial charge < -0.3 is 11.1 Å². The Balaban J connectivity index is 2.18. The first-order valence-corrected chi connectivity index (χ1v) is 6.94. The molecule has 0 aliphatic carbocycles. The number of nitrogens with zero attached hydrogens (tertiary/aromatic N) is 1. The van der Waals surface area contributed by atoms with Gasteiger partial charge >= 0.3 is 0 Å². The summed E-state index contributed by atoms with van der Waals surface area (Å²) in [6.07, 6.45) is 2.87. The fourth-order valence-electron chi connectivity index (χ4n) is 1.55. The average Bonchev–Trinajstić information content (AvgIpc) is 2.78. The quantitative estimate of drug-likeness (QED) is 0.782. The summed E-state index contributed by atoms with van der Waals surface area (Å²) in [4.78, 5) is 15.9. The van der Waals surface area contributed by atoms with Crippen LogP contribution in [0.2, 0.25) is 0 Å². The number of hydrogen-bond donors (Lipinski definition) is 2. The molecular formula is C12H21N3OS. The van der Waals surface area contributed by atoms with E-state index in [0.717, 1.165) is 25.0 Å². The third kappa shape index (κ3) is 5.79. The predicted octanol–water partition coefficient (Wildman–Crippen LogP) is 1.91. The maximum absolute atomic E-state index is 11.7. The summed E-state index contributed by atoms with van der Waals surface area (Å²) in [6, 6.07) is 0.222. The Morgan fingerprint density at radius 2 is 2.29 bits per heavy atom. The standard InChI is InChI=1S/C12H21N3OS/c1-9(4-3-5-10(2)13)12(16)14-6-11-7-17-8-15-11/h7-10H,3-6,13H2,1-2H3,(H,14,16). The fraction of sp³-hybridized carbons (Fsp3) is 0.667. The van der Waals surface area contributed by atoms with Gasteiger partial charge in [-0.3, -0.25) is 4.79 Å². The van der Waals surface area contributed by atoms with Crippen LogP contribution in [0.4, 0.5) is 0 Å². The van der Waals surface area contributed by atoms with Gasteiger partial charge in [0.05, 0.1) is 17.7 Å². The molecule has 1 amide bonds. The van der Waals surface area contributed by atoms with E-state index in [9.17, 15) is 4.79 Å². The Bertz CT molecular complexity index is 325. The molecule has 0 spiro atoms. The minimum atomic E-state index is 0.0485. The van der Waals surface area contributed by atoms with Crippen LogP contribution in [0.1, 0.15) is 38.8 Å². The molecule has 0 fully saturated rings. The van der Waals surface area contributed by atoms with E-state index in [4.69, 9.17) is 5.73 Å². The SMILES string of the molecule is CC(N)CCCC(C)C(=O)NCc1cscn1. The molecule has 0 aliphatic heterocycles. The van der Waals surface area contributed by atoms with Crippen LogP contribution in [0.5, 0.6) is 0 Å². The number of nitrogens with two attached hydrogens (primary N) is 1. The van der Waals surface area contributed by atoms with Gasteiger partial charge in [-0.15, -0.1) is 11.3 Å². The molecule has 1 aromatic rings. The van der Waals surface area contributed by atoms with Gasteiger partial charge in [0.1, 0.15) is 0 Å². The smallest absolute Gasteiger partial charge is 0.223 e. The zero-order chi connectivity index (χ0) is 12.7. The second kappa shape index (κ2) is 7.40. The Hall–Kier alpha value is -0.940. The summed E-state index contributed by atoms with van der Waals surface area (Å²) < 4.78 is 0. The lowest BCUT2D eigenvalue weighted by Gasteiger charge is -2.12. The maximum atomic E-state index is 11.7. The zero-order valence-electron chi connectivity index (χ0n) is 10.5. The highest BCUT2D eigenvalue weighted by molar-refractivity contribution is 7.07. The lowest BCUT2D eigenvalue weighted by atomic mass is 10.0. The molecule has 4 nitrogen and oxygen atoms in total. The van der Waals surface area contributed by atoms with E-state index in [1.807, 2.05) is 19.2 Å². The van der Waals surface area contributed by atoms with Crippen LogP contribution in [0.25, 0.3) is 0 Å². The normalized spacial score (nSPS) is 14.3. The van der Waals surface area contributed by atoms with Crippen molar-refractivity contribution in [2.24, 2.45) is 11.7 Å². The van der Waals surface area contributed by atoms with E-state index < -0.39 is 0 Å². The van der Waals surface area contributed by atoms with Crippen LogP contribution < -0.4 is 11.1 Å². The molecule has 2 atom stereocenters. The van der Waals surface area contributed by atoms with Crippen molar-refractivity contribution in [2.45, 2.75) is 45.7 Å². The highest BCUT2D eigenvalue weighted by Crippen LogP contribution is 2.09. The summed E-state index contributed by atoms with van der Waals surface area (Å²) in [5.41, 5.74) is 8.36.